The van der Waals surface area contributed by atoms with Gasteiger partial charge in [0.15, 0.2) is 5.11 Å². The van der Waals surface area contributed by atoms with Crippen LogP contribution in [0.1, 0.15) is 11.4 Å². The van der Waals surface area contributed by atoms with Gasteiger partial charge in [0.2, 0.25) is 0 Å². The van der Waals surface area contributed by atoms with Crippen LogP contribution >= 0.6 is 12.2 Å². The first-order valence-electron chi connectivity index (χ1n) is 5.09. The van der Waals surface area contributed by atoms with Crippen LogP contribution in [-0.4, -0.2) is 19.9 Å². The predicted octanol–water partition coefficient (Wildman–Crippen LogP) is 1.10. The SMILES string of the molecule is Cc1ncn(-c2ccc(NC(N)=S)cc2C#N)n1. The van der Waals surface area contributed by atoms with E-state index in [2.05, 4.69) is 21.5 Å². The van der Waals surface area contributed by atoms with Crippen LogP contribution in [0, 0.1) is 18.3 Å². The van der Waals surface area contributed by atoms with E-state index >= 15 is 0 Å². The molecule has 3 N–H and O–H groups in total. The zero-order valence-corrected chi connectivity index (χ0v) is 10.4. The normalized spacial score (nSPS) is 9.78. The number of anilines is 1. The van der Waals surface area contributed by atoms with E-state index < -0.39 is 0 Å². The number of rotatable bonds is 2. The van der Waals surface area contributed by atoms with E-state index in [0.29, 0.717) is 22.8 Å². The van der Waals surface area contributed by atoms with Gasteiger partial charge in [-0.3, -0.25) is 0 Å². The summed E-state index contributed by atoms with van der Waals surface area (Å²) in [4.78, 5) is 4.03. The highest BCUT2D eigenvalue weighted by atomic mass is 32.1. The van der Waals surface area contributed by atoms with Crippen LogP contribution in [-0.2, 0) is 0 Å². The smallest absolute Gasteiger partial charge is 0.168 e. The maximum absolute atomic E-state index is 9.14. The van der Waals surface area contributed by atoms with Crippen molar-refractivity contribution >= 4 is 23.0 Å². The van der Waals surface area contributed by atoms with Crippen LogP contribution in [0.4, 0.5) is 5.69 Å². The van der Waals surface area contributed by atoms with Gasteiger partial charge in [-0.25, -0.2) is 9.67 Å². The van der Waals surface area contributed by atoms with Gasteiger partial charge in [0, 0.05) is 5.69 Å². The molecule has 2 aromatic rings. The number of nitrogens with two attached hydrogens (primary N) is 1. The van der Waals surface area contributed by atoms with Gasteiger partial charge < -0.3 is 11.1 Å². The van der Waals surface area contributed by atoms with Crippen molar-refractivity contribution in [2.75, 3.05) is 5.32 Å². The second kappa shape index (κ2) is 4.81. The first-order chi connectivity index (χ1) is 8.60. The van der Waals surface area contributed by atoms with Crippen molar-refractivity contribution in [3.05, 3.63) is 35.9 Å². The summed E-state index contributed by atoms with van der Waals surface area (Å²) in [5.41, 5.74) is 7.16. The summed E-state index contributed by atoms with van der Waals surface area (Å²) in [6.07, 6.45) is 1.56. The maximum Gasteiger partial charge on any atom is 0.168 e. The van der Waals surface area contributed by atoms with Crippen molar-refractivity contribution in [2.45, 2.75) is 6.92 Å². The highest BCUT2D eigenvalue weighted by molar-refractivity contribution is 7.80. The van der Waals surface area contributed by atoms with Crippen molar-refractivity contribution in [3.8, 4) is 11.8 Å². The molecule has 2 rings (SSSR count). The van der Waals surface area contributed by atoms with Crippen molar-refractivity contribution < 1.29 is 0 Å². The monoisotopic (exact) mass is 258 g/mol. The zero-order valence-electron chi connectivity index (χ0n) is 9.58. The minimum atomic E-state index is 0.156. The Morgan fingerprint density at radius 1 is 1.56 bits per heavy atom. The Morgan fingerprint density at radius 2 is 2.33 bits per heavy atom. The molecule has 0 unspecified atom stereocenters. The molecule has 0 saturated heterocycles. The first kappa shape index (κ1) is 12.0. The molecule has 6 nitrogen and oxygen atoms in total. The van der Waals surface area contributed by atoms with Gasteiger partial charge >= 0.3 is 0 Å². The number of hydrogen-bond acceptors (Lipinski definition) is 4. The average Bonchev–Trinajstić information content (AvgIpc) is 2.74. The molecule has 18 heavy (non-hydrogen) atoms. The minimum absolute atomic E-state index is 0.156. The molecule has 0 radical (unpaired) electrons. The second-order valence-corrected chi connectivity index (χ2v) is 4.01. The van der Waals surface area contributed by atoms with Gasteiger partial charge in [0.1, 0.15) is 18.2 Å². The summed E-state index contributed by atoms with van der Waals surface area (Å²) in [6.45, 7) is 1.78. The Balaban J connectivity index is 2.44. The number of nitrogens with one attached hydrogen (secondary N) is 1. The molecule has 0 amide bonds. The molecule has 90 valence electrons. The van der Waals surface area contributed by atoms with E-state index in [1.165, 1.54) is 0 Å². The lowest BCUT2D eigenvalue weighted by molar-refractivity contribution is 0.860. The van der Waals surface area contributed by atoms with E-state index in [0.717, 1.165) is 0 Å². The topological polar surface area (TPSA) is 92.5 Å². The molecule has 0 bridgehead atoms. The number of benzene rings is 1. The van der Waals surface area contributed by atoms with Crippen LogP contribution in [0.25, 0.3) is 5.69 Å². The summed E-state index contributed by atoms with van der Waals surface area (Å²) in [5, 5.41) is 16.2. The quantitative estimate of drug-likeness (QED) is 0.784. The van der Waals surface area contributed by atoms with Crippen LogP contribution in [0.2, 0.25) is 0 Å². The number of nitrogens with zero attached hydrogens (tertiary/aromatic N) is 4. The standard InChI is InChI=1S/C11H10N6S/c1-7-14-6-17(16-7)10-3-2-9(15-11(13)18)4-8(10)5-12/h2-4,6H,1H3,(H3,13,15,18). The summed E-state index contributed by atoms with van der Waals surface area (Å²) in [5.74, 6) is 0.643. The molecular formula is C11H10N6S. The maximum atomic E-state index is 9.14. The molecule has 0 atom stereocenters. The zero-order chi connectivity index (χ0) is 13.1. The molecule has 7 heteroatoms. The minimum Gasteiger partial charge on any atom is -0.376 e. The van der Waals surface area contributed by atoms with Crippen molar-refractivity contribution in [1.29, 1.82) is 5.26 Å². The third-order valence-electron chi connectivity index (χ3n) is 2.24. The van der Waals surface area contributed by atoms with Gasteiger partial charge in [-0.1, -0.05) is 0 Å². The van der Waals surface area contributed by atoms with Crippen molar-refractivity contribution in [1.82, 2.24) is 14.8 Å². The van der Waals surface area contributed by atoms with Gasteiger partial charge in [0.25, 0.3) is 0 Å². The number of nitriles is 1. The van der Waals surface area contributed by atoms with E-state index in [1.807, 2.05) is 0 Å². The average molecular weight is 258 g/mol. The molecule has 0 fully saturated rings. The fourth-order valence-electron chi connectivity index (χ4n) is 1.51. The van der Waals surface area contributed by atoms with E-state index in [-0.39, 0.29) is 5.11 Å². The van der Waals surface area contributed by atoms with Gasteiger partial charge in [-0.2, -0.15) is 10.4 Å². The summed E-state index contributed by atoms with van der Waals surface area (Å²) >= 11 is 4.74. The van der Waals surface area contributed by atoms with Gasteiger partial charge in [-0.05, 0) is 37.3 Å². The molecule has 0 aliphatic carbocycles. The van der Waals surface area contributed by atoms with Gasteiger partial charge in [-0.15, -0.1) is 0 Å². The third-order valence-corrected chi connectivity index (χ3v) is 2.34. The number of aromatic nitrogens is 3. The summed E-state index contributed by atoms with van der Waals surface area (Å²) < 4.78 is 1.55. The fourth-order valence-corrected chi connectivity index (χ4v) is 1.63. The van der Waals surface area contributed by atoms with E-state index in [9.17, 15) is 0 Å². The fraction of sp³-hybridized carbons (Fsp3) is 0.0909. The molecule has 1 aromatic carbocycles. The molecule has 0 aliphatic rings. The Kier molecular flexibility index (Phi) is 3.21. The highest BCUT2D eigenvalue weighted by Crippen LogP contribution is 2.18. The molecule has 0 saturated carbocycles. The third kappa shape index (κ3) is 2.44. The van der Waals surface area contributed by atoms with Gasteiger partial charge in [0.05, 0.1) is 11.3 Å². The second-order valence-electron chi connectivity index (χ2n) is 3.57. The molecule has 0 spiro atoms. The summed E-state index contributed by atoms with van der Waals surface area (Å²) in [6, 6.07) is 7.29. The number of aryl methyl sites for hydroxylation is 1. The first-order valence-corrected chi connectivity index (χ1v) is 5.50. The Labute approximate surface area is 109 Å². The Hall–Kier alpha value is -2.46. The number of hydrogen-bond donors (Lipinski definition) is 2. The lowest BCUT2D eigenvalue weighted by Gasteiger charge is -2.07. The predicted molar refractivity (Wildman–Crippen MR) is 71.2 cm³/mol. The largest absolute Gasteiger partial charge is 0.376 e. The number of thiocarbonyl (C=S) groups is 1. The van der Waals surface area contributed by atoms with Crippen LogP contribution in [0.15, 0.2) is 24.5 Å². The highest BCUT2D eigenvalue weighted by Gasteiger charge is 2.07. The van der Waals surface area contributed by atoms with Crippen LogP contribution in [0.5, 0.6) is 0 Å². The van der Waals surface area contributed by atoms with E-state index in [1.54, 1.807) is 36.1 Å². The van der Waals surface area contributed by atoms with Crippen molar-refractivity contribution in [2.24, 2.45) is 5.73 Å². The van der Waals surface area contributed by atoms with Crippen LogP contribution < -0.4 is 11.1 Å². The molecule has 0 aliphatic heterocycles. The van der Waals surface area contributed by atoms with E-state index in [4.69, 9.17) is 23.2 Å². The van der Waals surface area contributed by atoms with Crippen LogP contribution in [0.3, 0.4) is 0 Å². The Bertz CT molecular complexity index is 639. The lowest BCUT2D eigenvalue weighted by atomic mass is 10.1. The lowest BCUT2D eigenvalue weighted by Crippen LogP contribution is -2.19. The molecule has 1 aromatic heterocycles. The van der Waals surface area contributed by atoms with Crippen molar-refractivity contribution in [3.63, 3.8) is 0 Å². The Morgan fingerprint density at radius 3 is 2.89 bits per heavy atom. The molecule has 1 heterocycles. The molecular weight excluding hydrogens is 248 g/mol. The summed E-state index contributed by atoms with van der Waals surface area (Å²) in [7, 11) is 0.